The van der Waals surface area contributed by atoms with Crippen molar-refractivity contribution >= 4 is 33.6 Å². The average Bonchev–Trinajstić information content (AvgIpc) is 3.09. The van der Waals surface area contributed by atoms with Crippen molar-refractivity contribution in [3.8, 4) is 11.3 Å². The first-order chi connectivity index (χ1) is 13.1. The SMILES string of the molecule is CCOC(=O)c1ccc(-c2cc3cc4cc(F)cc(NC)c4nc3[nH]2)cc1. The first kappa shape index (κ1) is 17.0. The molecule has 0 aliphatic rings. The molecule has 27 heavy (non-hydrogen) atoms. The molecular weight excluding hydrogens is 345 g/mol. The third-order valence-corrected chi connectivity index (χ3v) is 4.44. The van der Waals surface area contributed by atoms with Gasteiger partial charge in [0.15, 0.2) is 0 Å². The highest BCUT2D eigenvalue weighted by Gasteiger charge is 2.11. The Hall–Kier alpha value is -3.41. The van der Waals surface area contributed by atoms with Gasteiger partial charge in [0.1, 0.15) is 11.5 Å². The van der Waals surface area contributed by atoms with Gasteiger partial charge in [-0.1, -0.05) is 12.1 Å². The summed E-state index contributed by atoms with van der Waals surface area (Å²) >= 11 is 0. The van der Waals surface area contributed by atoms with Crippen LogP contribution in [0.4, 0.5) is 10.1 Å². The highest BCUT2D eigenvalue weighted by atomic mass is 19.1. The number of carbonyl (C=O) groups is 1. The normalized spacial score (nSPS) is 11.1. The second kappa shape index (κ2) is 6.72. The van der Waals surface area contributed by atoms with Crippen LogP contribution in [0, 0.1) is 5.82 Å². The van der Waals surface area contributed by atoms with Gasteiger partial charge < -0.3 is 15.0 Å². The first-order valence-corrected chi connectivity index (χ1v) is 8.67. The van der Waals surface area contributed by atoms with Crippen molar-refractivity contribution in [1.82, 2.24) is 9.97 Å². The third kappa shape index (κ3) is 3.10. The molecule has 0 atom stereocenters. The summed E-state index contributed by atoms with van der Waals surface area (Å²) in [7, 11) is 1.74. The number of nitrogens with one attached hydrogen (secondary N) is 2. The summed E-state index contributed by atoms with van der Waals surface area (Å²) in [6.07, 6.45) is 0. The fourth-order valence-corrected chi connectivity index (χ4v) is 3.14. The Bertz CT molecular complexity index is 1150. The van der Waals surface area contributed by atoms with Crippen LogP contribution >= 0.6 is 0 Å². The number of hydrogen-bond donors (Lipinski definition) is 2. The molecule has 6 heteroatoms. The highest BCUT2D eigenvalue weighted by molar-refractivity contribution is 5.99. The van der Waals surface area contributed by atoms with Crippen molar-refractivity contribution in [1.29, 1.82) is 0 Å². The minimum absolute atomic E-state index is 0.307. The summed E-state index contributed by atoms with van der Waals surface area (Å²) in [5, 5.41) is 4.60. The van der Waals surface area contributed by atoms with Crippen LogP contribution in [-0.4, -0.2) is 29.6 Å². The minimum Gasteiger partial charge on any atom is -0.462 e. The largest absolute Gasteiger partial charge is 0.462 e. The van der Waals surface area contributed by atoms with E-state index < -0.39 is 0 Å². The summed E-state index contributed by atoms with van der Waals surface area (Å²) < 4.78 is 18.8. The van der Waals surface area contributed by atoms with Gasteiger partial charge in [0.2, 0.25) is 0 Å². The maximum absolute atomic E-state index is 13.8. The molecule has 0 fully saturated rings. The van der Waals surface area contributed by atoms with Crippen molar-refractivity contribution in [3.63, 3.8) is 0 Å². The van der Waals surface area contributed by atoms with E-state index in [1.54, 1.807) is 26.1 Å². The number of halogens is 1. The number of anilines is 1. The highest BCUT2D eigenvalue weighted by Crippen LogP contribution is 2.29. The average molecular weight is 363 g/mol. The minimum atomic E-state index is -0.338. The van der Waals surface area contributed by atoms with Crippen molar-refractivity contribution in [2.45, 2.75) is 6.92 Å². The lowest BCUT2D eigenvalue weighted by atomic mass is 10.1. The molecule has 0 aliphatic heterocycles. The monoisotopic (exact) mass is 363 g/mol. The van der Waals surface area contributed by atoms with E-state index >= 15 is 0 Å². The maximum Gasteiger partial charge on any atom is 0.338 e. The fraction of sp³-hybridized carbons (Fsp3) is 0.143. The fourth-order valence-electron chi connectivity index (χ4n) is 3.14. The molecule has 136 valence electrons. The molecule has 0 saturated heterocycles. The number of nitrogens with zero attached hydrogens (tertiary/aromatic N) is 1. The van der Waals surface area contributed by atoms with Crippen molar-refractivity contribution in [2.75, 3.05) is 19.0 Å². The Labute approximate surface area is 155 Å². The number of benzene rings is 2. The van der Waals surface area contributed by atoms with Gasteiger partial charge in [0, 0.05) is 23.5 Å². The van der Waals surface area contributed by atoms with Gasteiger partial charge in [-0.05, 0) is 48.9 Å². The van der Waals surface area contributed by atoms with Gasteiger partial charge in [0.25, 0.3) is 0 Å². The van der Waals surface area contributed by atoms with E-state index in [1.165, 1.54) is 12.1 Å². The van der Waals surface area contributed by atoms with Crippen LogP contribution in [-0.2, 0) is 4.74 Å². The molecule has 5 nitrogen and oxygen atoms in total. The van der Waals surface area contributed by atoms with E-state index in [4.69, 9.17) is 4.74 Å². The molecule has 0 saturated carbocycles. The van der Waals surface area contributed by atoms with Crippen molar-refractivity contribution in [2.24, 2.45) is 0 Å². The Morgan fingerprint density at radius 2 is 1.93 bits per heavy atom. The molecule has 4 rings (SSSR count). The van der Waals surface area contributed by atoms with E-state index in [2.05, 4.69) is 15.3 Å². The predicted molar refractivity (Wildman–Crippen MR) is 104 cm³/mol. The number of ether oxygens (including phenoxy) is 1. The summed E-state index contributed by atoms with van der Waals surface area (Å²) in [4.78, 5) is 19.7. The zero-order valence-electron chi connectivity index (χ0n) is 15.0. The maximum atomic E-state index is 13.8. The number of pyridine rings is 1. The zero-order chi connectivity index (χ0) is 19.0. The summed E-state index contributed by atoms with van der Waals surface area (Å²) in [6.45, 7) is 2.12. The van der Waals surface area contributed by atoms with E-state index in [0.717, 1.165) is 27.7 Å². The molecule has 2 heterocycles. The van der Waals surface area contributed by atoms with Crippen LogP contribution < -0.4 is 5.32 Å². The summed E-state index contributed by atoms with van der Waals surface area (Å²) in [6, 6.07) is 14.0. The Kier molecular flexibility index (Phi) is 4.24. The van der Waals surface area contributed by atoms with Gasteiger partial charge in [-0.25, -0.2) is 14.2 Å². The lowest BCUT2D eigenvalue weighted by Gasteiger charge is -2.05. The number of hydrogen-bond acceptors (Lipinski definition) is 4. The lowest BCUT2D eigenvalue weighted by Crippen LogP contribution is -2.03. The van der Waals surface area contributed by atoms with Crippen LogP contribution in [0.25, 0.3) is 33.2 Å². The molecule has 0 spiro atoms. The van der Waals surface area contributed by atoms with E-state index in [1.807, 2.05) is 24.3 Å². The second-order valence-corrected chi connectivity index (χ2v) is 6.18. The number of fused-ring (bicyclic) bond motifs is 2. The van der Waals surface area contributed by atoms with Crippen molar-refractivity contribution in [3.05, 3.63) is 59.9 Å². The topological polar surface area (TPSA) is 67.0 Å². The zero-order valence-corrected chi connectivity index (χ0v) is 15.0. The molecular formula is C21H18FN3O2. The van der Waals surface area contributed by atoms with Crippen LogP contribution in [0.1, 0.15) is 17.3 Å². The predicted octanol–water partition coefficient (Wildman–Crippen LogP) is 4.74. The van der Waals surface area contributed by atoms with Gasteiger partial charge in [0.05, 0.1) is 23.4 Å². The molecule has 0 radical (unpaired) electrons. The Morgan fingerprint density at radius 1 is 1.15 bits per heavy atom. The molecule has 2 aromatic heterocycles. The number of aromatic amines is 1. The Balaban J connectivity index is 1.77. The van der Waals surface area contributed by atoms with E-state index in [-0.39, 0.29) is 11.8 Å². The molecule has 0 bridgehead atoms. The molecule has 4 aromatic rings. The van der Waals surface area contributed by atoms with Gasteiger partial charge in [-0.15, -0.1) is 0 Å². The van der Waals surface area contributed by atoms with Crippen LogP contribution in [0.5, 0.6) is 0 Å². The number of carbonyl (C=O) groups excluding carboxylic acids is 1. The van der Waals surface area contributed by atoms with Gasteiger partial charge in [-0.2, -0.15) is 0 Å². The summed E-state index contributed by atoms with van der Waals surface area (Å²) in [5.74, 6) is -0.645. The number of esters is 1. The lowest BCUT2D eigenvalue weighted by molar-refractivity contribution is 0.0526. The Morgan fingerprint density at radius 3 is 2.63 bits per heavy atom. The molecule has 2 N–H and O–H groups in total. The molecule has 2 aromatic carbocycles. The van der Waals surface area contributed by atoms with E-state index in [0.29, 0.717) is 23.4 Å². The smallest absolute Gasteiger partial charge is 0.338 e. The summed E-state index contributed by atoms with van der Waals surface area (Å²) in [5.41, 5.74) is 4.36. The van der Waals surface area contributed by atoms with Gasteiger partial charge in [-0.3, -0.25) is 0 Å². The van der Waals surface area contributed by atoms with Crippen molar-refractivity contribution < 1.29 is 13.9 Å². The standard InChI is InChI=1S/C21H18FN3O2/c1-3-27-21(26)13-6-4-12(5-7-13)17-10-15-8-14-9-16(22)11-18(23-2)19(14)25-20(15)24-17/h4-11,23H,3H2,1-2H3,(H,24,25). The first-order valence-electron chi connectivity index (χ1n) is 8.67. The quantitative estimate of drug-likeness (QED) is 0.514. The number of aromatic nitrogens is 2. The number of rotatable bonds is 4. The molecule has 0 aliphatic carbocycles. The van der Waals surface area contributed by atoms with Crippen LogP contribution in [0.3, 0.4) is 0 Å². The molecule has 0 amide bonds. The number of H-pyrrole nitrogens is 1. The third-order valence-electron chi connectivity index (χ3n) is 4.44. The second-order valence-electron chi connectivity index (χ2n) is 6.18. The van der Waals surface area contributed by atoms with Gasteiger partial charge >= 0.3 is 5.97 Å². The van der Waals surface area contributed by atoms with Crippen LogP contribution in [0.15, 0.2) is 48.5 Å². The molecule has 0 unspecified atom stereocenters. The van der Waals surface area contributed by atoms with E-state index in [9.17, 15) is 9.18 Å². The van der Waals surface area contributed by atoms with Crippen LogP contribution in [0.2, 0.25) is 0 Å².